The quantitative estimate of drug-likeness (QED) is 0.789. The van der Waals surface area contributed by atoms with Gasteiger partial charge in [-0.25, -0.2) is 0 Å². The highest BCUT2D eigenvalue weighted by molar-refractivity contribution is 6.37. The molecule has 9 heteroatoms. The Morgan fingerprint density at radius 3 is 2.21 bits per heavy atom. The van der Waals surface area contributed by atoms with Crippen LogP contribution in [0, 0.1) is 0 Å². The van der Waals surface area contributed by atoms with Crippen LogP contribution in [-0.4, -0.2) is 12.6 Å². The molecule has 0 amide bonds. The highest BCUT2D eigenvalue weighted by atomic mass is 35.5. The summed E-state index contributed by atoms with van der Waals surface area (Å²) in [6, 6.07) is 7.14. The van der Waals surface area contributed by atoms with Gasteiger partial charge < -0.3 is 19.4 Å². The monoisotopic (exact) mass is 379 g/mol. The second kappa shape index (κ2) is 7.19. The molecule has 0 radical (unpaired) electrons. The van der Waals surface area contributed by atoms with Crippen molar-refractivity contribution in [1.29, 1.82) is 0 Å². The largest absolute Gasteiger partial charge is 0.546 e. The van der Waals surface area contributed by atoms with Crippen LogP contribution in [0.2, 0.25) is 10.0 Å². The van der Waals surface area contributed by atoms with Crippen molar-refractivity contribution < 1.29 is 32.5 Å². The first-order valence-corrected chi connectivity index (χ1v) is 7.09. The number of benzene rings is 2. The summed E-state index contributed by atoms with van der Waals surface area (Å²) >= 11 is 11.6. The third-order valence-corrected chi connectivity index (χ3v) is 3.27. The zero-order valence-electron chi connectivity index (χ0n) is 11.7. The topological polar surface area (TPSA) is 58.6 Å². The van der Waals surface area contributed by atoms with Crippen molar-refractivity contribution in [2.45, 2.75) is 6.18 Å². The summed E-state index contributed by atoms with van der Waals surface area (Å²) in [5.74, 6) is -1.26. The van der Waals surface area contributed by atoms with E-state index in [2.05, 4.69) is 0 Å². The van der Waals surface area contributed by atoms with Crippen LogP contribution in [0.3, 0.4) is 0 Å². The van der Waals surface area contributed by atoms with Gasteiger partial charge in [0.05, 0.1) is 21.6 Å². The van der Waals surface area contributed by atoms with Gasteiger partial charge in [0.25, 0.3) is 0 Å². The van der Waals surface area contributed by atoms with Gasteiger partial charge in [0.1, 0.15) is 18.1 Å². The molecule has 0 fully saturated rings. The Balaban J connectivity index is 2.25. The van der Waals surface area contributed by atoms with Crippen molar-refractivity contribution in [3.8, 4) is 17.2 Å². The smallest absolute Gasteiger partial charge is 0.416 e. The van der Waals surface area contributed by atoms with E-state index in [1.165, 1.54) is 24.3 Å². The standard InChI is InChI=1S/C15H9Cl2F3O4/c16-11-4-8(15(18,19)20)5-12(17)14(11)24-10-3-1-2-9(6-10)23-7-13(21)22/h1-6H,7H2,(H,21,22)/p-1. The molecule has 0 aliphatic carbocycles. The van der Waals surface area contributed by atoms with Crippen molar-refractivity contribution >= 4 is 29.2 Å². The van der Waals surface area contributed by atoms with Gasteiger partial charge in [0.15, 0.2) is 5.75 Å². The Bertz CT molecular complexity index is 740. The number of carbonyl (C=O) groups is 1. The fourth-order valence-corrected chi connectivity index (χ4v) is 2.27. The molecule has 0 unspecified atom stereocenters. The van der Waals surface area contributed by atoms with Crippen LogP contribution >= 0.6 is 23.2 Å². The summed E-state index contributed by atoms with van der Waals surface area (Å²) in [5.41, 5.74) is -1.00. The van der Waals surface area contributed by atoms with Gasteiger partial charge in [-0.3, -0.25) is 0 Å². The van der Waals surface area contributed by atoms with E-state index in [4.69, 9.17) is 32.7 Å². The zero-order chi connectivity index (χ0) is 17.9. The average Bonchev–Trinajstić information content (AvgIpc) is 2.48. The number of halogens is 5. The summed E-state index contributed by atoms with van der Waals surface area (Å²) in [7, 11) is 0. The molecule has 0 spiro atoms. The van der Waals surface area contributed by atoms with E-state index in [1.54, 1.807) is 0 Å². The number of carboxylic acid groups (broad SMARTS) is 1. The van der Waals surface area contributed by atoms with Crippen LogP contribution in [0.15, 0.2) is 36.4 Å². The number of carboxylic acids is 1. The summed E-state index contributed by atoms with van der Waals surface area (Å²) in [4.78, 5) is 10.4. The average molecular weight is 380 g/mol. The predicted molar refractivity (Wildman–Crippen MR) is 78.5 cm³/mol. The third kappa shape index (κ3) is 4.69. The maximum atomic E-state index is 12.7. The highest BCUT2D eigenvalue weighted by Crippen LogP contribution is 2.41. The van der Waals surface area contributed by atoms with E-state index < -0.39 is 24.3 Å². The Morgan fingerprint density at radius 1 is 1.08 bits per heavy atom. The lowest BCUT2D eigenvalue weighted by Crippen LogP contribution is -2.28. The summed E-state index contributed by atoms with van der Waals surface area (Å²) in [6.07, 6.45) is -4.59. The Morgan fingerprint density at radius 2 is 1.67 bits per heavy atom. The van der Waals surface area contributed by atoms with Gasteiger partial charge in [0, 0.05) is 6.07 Å². The molecule has 4 nitrogen and oxygen atoms in total. The first-order valence-electron chi connectivity index (χ1n) is 6.33. The maximum Gasteiger partial charge on any atom is 0.416 e. The van der Waals surface area contributed by atoms with E-state index in [0.717, 1.165) is 0 Å². The van der Waals surface area contributed by atoms with Gasteiger partial charge in [-0.2, -0.15) is 13.2 Å². The molecule has 0 aromatic heterocycles. The minimum atomic E-state index is -4.59. The molecule has 0 N–H and O–H groups in total. The van der Waals surface area contributed by atoms with Gasteiger partial charge in [-0.1, -0.05) is 29.3 Å². The second-order valence-electron chi connectivity index (χ2n) is 4.50. The van der Waals surface area contributed by atoms with Gasteiger partial charge >= 0.3 is 6.18 Å². The van der Waals surface area contributed by atoms with Crippen LogP contribution in [0.4, 0.5) is 13.2 Å². The van der Waals surface area contributed by atoms with Gasteiger partial charge in [0.2, 0.25) is 0 Å². The molecular formula is C15H8Cl2F3O4-. The molecule has 0 aliphatic heterocycles. The summed E-state index contributed by atoms with van der Waals surface area (Å²) in [5, 5.41) is 9.71. The summed E-state index contributed by atoms with van der Waals surface area (Å²) in [6.45, 7) is -0.661. The fraction of sp³-hybridized carbons (Fsp3) is 0.133. The molecule has 128 valence electrons. The minimum absolute atomic E-state index is 0.148. The molecule has 0 atom stereocenters. The van der Waals surface area contributed by atoms with Crippen molar-refractivity contribution in [2.75, 3.05) is 6.61 Å². The molecular weight excluding hydrogens is 372 g/mol. The van der Waals surface area contributed by atoms with E-state index in [-0.39, 0.29) is 27.3 Å². The Hall–Kier alpha value is -2.12. The number of ether oxygens (including phenoxy) is 2. The van der Waals surface area contributed by atoms with Crippen LogP contribution < -0.4 is 14.6 Å². The van der Waals surface area contributed by atoms with Crippen molar-refractivity contribution in [1.82, 2.24) is 0 Å². The lowest BCUT2D eigenvalue weighted by molar-refractivity contribution is -0.307. The Labute approximate surface area is 144 Å². The first-order chi connectivity index (χ1) is 11.2. The molecule has 0 saturated heterocycles. The zero-order valence-corrected chi connectivity index (χ0v) is 13.2. The van der Waals surface area contributed by atoms with Crippen molar-refractivity contribution in [3.05, 3.63) is 52.0 Å². The van der Waals surface area contributed by atoms with E-state index in [9.17, 15) is 23.1 Å². The summed E-state index contributed by atoms with van der Waals surface area (Å²) < 4.78 is 48.3. The van der Waals surface area contributed by atoms with E-state index >= 15 is 0 Å². The van der Waals surface area contributed by atoms with Crippen LogP contribution in [0.5, 0.6) is 17.2 Å². The lowest BCUT2D eigenvalue weighted by atomic mass is 10.2. The molecule has 0 heterocycles. The fourth-order valence-electron chi connectivity index (χ4n) is 1.71. The highest BCUT2D eigenvalue weighted by Gasteiger charge is 2.32. The lowest BCUT2D eigenvalue weighted by Gasteiger charge is -2.14. The number of alkyl halides is 3. The SMILES string of the molecule is O=C([O-])COc1cccc(Oc2c(Cl)cc(C(F)(F)F)cc2Cl)c1. The number of hydrogen-bond donors (Lipinski definition) is 0. The molecule has 0 saturated carbocycles. The molecule has 2 rings (SSSR count). The molecule has 2 aromatic carbocycles. The number of carbonyl (C=O) groups excluding carboxylic acids is 1. The molecule has 0 bridgehead atoms. The van der Waals surface area contributed by atoms with E-state index in [0.29, 0.717) is 12.1 Å². The number of hydrogen-bond acceptors (Lipinski definition) is 4. The third-order valence-electron chi connectivity index (χ3n) is 2.71. The predicted octanol–water partition coefficient (Wildman–Crippen LogP) is 3.93. The molecule has 24 heavy (non-hydrogen) atoms. The molecule has 0 aliphatic rings. The van der Waals surface area contributed by atoms with Gasteiger partial charge in [-0.15, -0.1) is 0 Å². The number of rotatable bonds is 5. The number of aliphatic carboxylic acids is 1. The Kier molecular flexibility index (Phi) is 5.46. The first kappa shape index (κ1) is 18.2. The normalized spacial score (nSPS) is 11.2. The second-order valence-corrected chi connectivity index (χ2v) is 5.32. The minimum Gasteiger partial charge on any atom is -0.546 e. The van der Waals surface area contributed by atoms with Crippen molar-refractivity contribution in [3.63, 3.8) is 0 Å². The van der Waals surface area contributed by atoms with E-state index in [1.807, 2.05) is 0 Å². The van der Waals surface area contributed by atoms with Crippen molar-refractivity contribution in [2.24, 2.45) is 0 Å². The maximum absolute atomic E-state index is 12.7. The van der Waals surface area contributed by atoms with Crippen LogP contribution in [0.1, 0.15) is 5.56 Å². The molecule has 2 aromatic rings. The van der Waals surface area contributed by atoms with Crippen LogP contribution in [0.25, 0.3) is 0 Å². The van der Waals surface area contributed by atoms with Gasteiger partial charge in [-0.05, 0) is 24.3 Å². The van der Waals surface area contributed by atoms with Crippen LogP contribution in [-0.2, 0) is 11.0 Å².